The fraction of sp³-hybridized carbons (Fsp3) is 0.400. The van der Waals surface area contributed by atoms with Crippen LogP contribution in [0.25, 0.3) is 0 Å². The lowest BCUT2D eigenvalue weighted by atomic mass is 10.2. The van der Waals surface area contributed by atoms with Crippen molar-refractivity contribution in [3.05, 3.63) is 35.6 Å². The molecule has 0 aliphatic rings. The van der Waals surface area contributed by atoms with Crippen LogP contribution in [0.15, 0.2) is 29.9 Å². The number of amides is 2. The number of nitrogens with one attached hydrogen (secondary N) is 2. The van der Waals surface area contributed by atoms with E-state index in [0.717, 1.165) is 12.2 Å². The summed E-state index contributed by atoms with van der Waals surface area (Å²) in [6.07, 6.45) is 6.78. The fourth-order valence-electron chi connectivity index (χ4n) is 2.09. The van der Waals surface area contributed by atoms with Crippen molar-refractivity contribution in [3.63, 3.8) is 0 Å². The van der Waals surface area contributed by atoms with E-state index in [1.54, 1.807) is 24.2 Å². The average molecular weight is 352 g/mol. The highest BCUT2D eigenvalue weighted by molar-refractivity contribution is 7.98. The van der Waals surface area contributed by atoms with Crippen molar-refractivity contribution in [2.24, 2.45) is 0 Å². The van der Waals surface area contributed by atoms with E-state index in [0.29, 0.717) is 10.8 Å². The van der Waals surface area contributed by atoms with Crippen LogP contribution < -0.4 is 10.6 Å². The van der Waals surface area contributed by atoms with Gasteiger partial charge in [0.05, 0.1) is 12.1 Å². The predicted octanol–water partition coefficient (Wildman–Crippen LogP) is 2.17. The van der Waals surface area contributed by atoms with Crippen LogP contribution in [-0.4, -0.2) is 40.4 Å². The largest absolute Gasteiger partial charge is 0.359 e. The zero-order chi connectivity index (χ0) is 16.7. The molecule has 6 nitrogen and oxygen atoms in total. The molecule has 0 fully saturated rings. The smallest absolute Gasteiger partial charge is 0.249 e. The molecule has 0 unspecified atom stereocenters. The molecule has 2 heterocycles. The van der Waals surface area contributed by atoms with Gasteiger partial charge in [-0.25, -0.2) is 4.98 Å². The number of nitrogens with zero attached hydrogens (tertiary/aromatic N) is 2. The summed E-state index contributed by atoms with van der Waals surface area (Å²) in [5.41, 5.74) is 0.659. The third kappa shape index (κ3) is 5.11. The van der Waals surface area contributed by atoms with E-state index in [-0.39, 0.29) is 24.3 Å². The van der Waals surface area contributed by atoms with Crippen LogP contribution in [0.2, 0.25) is 0 Å². The molecule has 0 aliphatic carbocycles. The lowest BCUT2D eigenvalue weighted by Crippen LogP contribution is -2.26. The van der Waals surface area contributed by atoms with Gasteiger partial charge in [-0.1, -0.05) is 0 Å². The van der Waals surface area contributed by atoms with Crippen molar-refractivity contribution in [2.45, 2.75) is 18.9 Å². The Morgan fingerprint density at radius 2 is 2.13 bits per heavy atom. The number of aromatic nitrogens is 2. The van der Waals surface area contributed by atoms with Crippen molar-refractivity contribution in [1.82, 2.24) is 14.9 Å². The van der Waals surface area contributed by atoms with E-state index in [9.17, 15) is 9.59 Å². The lowest BCUT2D eigenvalue weighted by molar-refractivity contribution is -0.120. The molecular weight excluding hydrogens is 332 g/mol. The summed E-state index contributed by atoms with van der Waals surface area (Å²) in [5.74, 6) is 0.713. The highest BCUT2D eigenvalue weighted by atomic mass is 32.2. The molecule has 2 N–H and O–H groups in total. The van der Waals surface area contributed by atoms with Gasteiger partial charge in [0.2, 0.25) is 11.8 Å². The summed E-state index contributed by atoms with van der Waals surface area (Å²) in [7, 11) is 1.59. The van der Waals surface area contributed by atoms with Crippen LogP contribution in [0.4, 0.5) is 5.13 Å². The number of hydrogen-bond donors (Lipinski definition) is 2. The van der Waals surface area contributed by atoms with Gasteiger partial charge in [0.25, 0.3) is 0 Å². The molecule has 1 atom stereocenters. The number of rotatable bonds is 8. The predicted molar refractivity (Wildman–Crippen MR) is 95.0 cm³/mol. The lowest BCUT2D eigenvalue weighted by Gasteiger charge is -2.17. The molecule has 124 valence electrons. The minimum Gasteiger partial charge on any atom is -0.359 e. The first-order chi connectivity index (χ1) is 11.1. The van der Waals surface area contributed by atoms with Crippen molar-refractivity contribution in [1.29, 1.82) is 0 Å². The average Bonchev–Trinajstić information content (AvgIpc) is 3.20. The zero-order valence-electron chi connectivity index (χ0n) is 13.1. The Bertz CT molecular complexity index is 640. The quantitative estimate of drug-likeness (QED) is 0.763. The number of anilines is 1. The Hall–Kier alpha value is -1.80. The van der Waals surface area contributed by atoms with E-state index < -0.39 is 0 Å². The maximum absolute atomic E-state index is 12.6. The minimum absolute atomic E-state index is 0.0870. The molecule has 2 aromatic rings. The molecule has 2 rings (SSSR count). The van der Waals surface area contributed by atoms with Crippen LogP contribution in [0, 0.1) is 0 Å². The van der Waals surface area contributed by atoms with Crippen molar-refractivity contribution in [2.75, 3.05) is 24.4 Å². The summed E-state index contributed by atoms with van der Waals surface area (Å²) in [6.45, 7) is 0. The molecule has 0 saturated carbocycles. The van der Waals surface area contributed by atoms with E-state index in [1.165, 1.54) is 11.3 Å². The van der Waals surface area contributed by atoms with Crippen LogP contribution in [0.1, 0.15) is 18.2 Å². The Labute approximate surface area is 143 Å². The molecule has 0 radical (unpaired) electrons. The molecule has 2 aromatic heterocycles. The van der Waals surface area contributed by atoms with Crippen LogP contribution >= 0.6 is 23.1 Å². The van der Waals surface area contributed by atoms with Gasteiger partial charge < -0.3 is 15.2 Å². The molecular formula is C15H20N4O2S2. The minimum atomic E-state index is -0.260. The third-order valence-corrected chi connectivity index (χ3v) is 4.74. The summed E-state index contributed by atoms with van der Waals surface area (Å²) in [6, 6.07) is 3.55. The van der Waals surface area contributed by atoms with Gasteiger partial charge in [0, 0.05) is 24.8 Å². The second-order valence-electron chi connectivity index (χ2n) is 4.91. The van der Waals surface area contributed by atoms with Gasteiger partial charge in [-0.3, -0.25) is 9.59 Å². The Morgan fingerprint density at radius 3 is 2.78 bits per heavy atom. The first kappa shape index (κ1) is 17.6. The van der Waals surface area contributed by atoms with Gasteiger partial charge in [-0.05, 0) is 30.6 Å². The second-order valence-corrected chi connectivity index (χ2v) is 6.75. The van der Waals surface area contributed by atoms with E-state index in [1.807, 2.05) is 35.3 Å². The molecule has 23 heavy (non-hydrogen) atoms. The number of carbonyl (C=O) groups excluding carboxylic acids is 2. The van der Waals surface area contributed by atoms with E-state index >= 15 is 0 Å². The van der Waals surface area contributed by atoms with Crippen molar-refractivity contribution in [3.8, 4) is 0 Å². The van der Waals surface area contributed by atoms with Gasteiger partial charge in [0.15, 0.2) is 5.13 Å². The number of thioether (sulfide) groups is 1. The third-order valence-electron chi connectivity index (χ3n) is 3.29. The second kappa shape index (κ2) is 8.73. The number of likely N-dealkylation sites (N-methyl/N-ethyl adjacent to an activating group) is 1. The van der Waals surface area contributed by atoms with Gasteiger partial charge in [-0.15, -0.1) is 11.3 Å². The molecule has 2 amide bonds. The van der Waals surface area contributed by atoms with Gasteiger partial charge >= 0.3 is 0 Å². The van der Waals surface area contributed by atoms with Gasteiger partial charge in [0.1, 0.15) is 6.04 Å². The summed E-state index contributed by atoms with van der Waals surface area (Å²) in [5, 5.41) is 7.73. The van der Waals surface area contributed by atoms with Crippen LogP contribution in [-0.2, 0) is 16.0 Å². The van der Waals surface area contributed by atoms with Crippen LogP contribution in [0.5, 0.6) is 0 Å². The molecule has 0 spiro atoms. The standard InChI is InChI=1S/C15H20N4O2S2/c1-16-13(20)9-11-10-23-15(17-11)18-14(21)12(5-8-22-2)19-6-3-4-7-19/h3-4,6-7,10,12H,5,8-9H2,1-2H3,(H,16,20)(H,17,18,21)/t12-/m1/s1. The normalized spacial score (nSPS) is 11.9. The summed E-state index contributed by atoms with van der Waals surface area (Å²) >= 11 is 3.04. The summed E-state index contributed by atoms with van der Waals surface area (Å²) in [4.78, 5) is 28.2. The SMILES string of the molecule is CNC(=O)Cc1csc(NC(=O)[C@@H](CCSC)n2cccc2)n1. The number of carbonyl (C=O) groups is 2. The fourth-order valence-corrected chi connectivity index (χ4v) is 3.26. The van der Waals surface area contributed by atoms with E-state index in [4.69, 9.17) is 0 Å². The Kier molecular flexibility index (Phi) is 6.66. The first-order valence-corrected chi connectivity index (χ1v) is 9.48. The number of thiazole rings is 1. The summed E-state index contributed by atoms with van der Waals surface area (Å²) < 4.78 is 1.91. The first-order valence-electron chi connectivity index (χ1n) is 7.21. The molecule has 8 heteroatoms. The van der Waals surface area contributed by atoms with Gasteiger partial charge in [-0.2, -0.15) is 11.8 Å². The topological polar surface area (TPSA) is 76.0 Å². The monoisotopic (exact) mass is 352 g/mol. The molecule has 0 aromatic carbocycles. The zero-order valence-corrected chi connectivity index (χ0v) is 14.7. The van der Waals surface area contributed by atoms with Crippen molar-refractivity contribution >= 4 is 40.0 Å². The number of hydrogen-bond acceptors (Lipinski definition) is 5. The molecule has 0 bridgehead atoms. The highest BCUT2D eigenvalue weighted by Gasteiger charge is 2.20. The molecule has 0 aliphatic heterocycles. The molecule has 0 saturated heterocycles. The Balaban J connectivity index is 2.02. The maximum Gasteiger partial charge on any atom is 0.249 e. The van der Waals surface area contributed by atoms with Crippen LogP contribution in [0.3, 0.4) is 0 Å². The highest BCUT2D eigenvalue weighted by Crippen LogP contribution is 2.20. The van der Waals surface area contributed by atoms with E-state index in [2.05, 4.69) is 15.6 Å². The maximum atomic E-state index is 12.6. The van der Waals surface area contributed by atoms with Crippen molar-refractivity contribution < 1.29 is 9.59 Å². The Morgan fingerprint density at radius 1 is 1.39 bits per heavy atom.